The van der Waals surface area contributed by atoms with Crippen molar-refractivity contribution >= 4 is 19.0 Å². The van der Waals surface area contributed by atoms with E-state index in [1.807, 2.05) is 127 Å². The Bertz CT molecular complexity index is 1450. The number of hydrazone groups is 1. The SMILES string of the molecule is O=P(Oc1ccccc1)(Oc1ccccc1)C(/C(=N\Nc1ccccc1)c1ccccc1)c1ccccc1. The second kappa shape index (κ2) is 12.1. The summed E-state index contributed by atoms with van der Waals surface area (Å²) < 4.78 is 27.7. The maximum atomic E-state index is 15.1. The van der Waals surface area contributed by atoms with Crippen LogP contribution in [-0.2, 0) is 4.57 Å². The molecule has 0 saturated carbocycles. The van der Waals surface area contributed by atoms with Crippen molar-refractivity contribution in [2.45, 2.75) is 5.66 Å². The summed E-state index contributed by atoms with van der Waals surface area (Å²) in [7, 11) is -4.01. The van der Waals surface area contributed by atoms with Crippen LogP contribution in [0.2, 0.25) is 0 Å². The average Bonchev–Trinajstić information content (AvgIpc) is 2.97. The summed E-state index contributed by atoms with van der Waals surface area (Å²) in [6, 6.07) is 47.1. The molecule has 0 aliphatic carbocycles. The summed E-state index contributed by atoms with van der Waals surface area (Å²) in [6.07, 6.45) is 0. The van der Waals surface area contributed by atoms with Gasteiger partial charge in [0.2, 0.25) is 0 Å². The topological polar surface area (TPSA) is 59.9 Å². The van der Waals surface area contributed by atoms with E-state index in [4.69, 9.17) is 14.1 Å². The van der Waals surface area contributed by atoms with Crippen LogP contribution in [0.3, 0.4) is 0 Å². The Morgan fingerprint density at radius 1 is 0.579 bits per heavy atom. The van der Waals surface area contributed by atoms with Crippen molar-refractivity contribution < 1.29 is 13.6 Å². The fourth-order valence-corrected chi connectivity index (χ4v) is 6.16. The van der Waals surface area contributed by atoms with Crippen molar-refractivity contribution in [3.8, 4) is 11.5 Å². The van der Waals surface area contributed by atoms with Crippen molar-refractivity contribution in [3.63, 3.8) is 0 Å². The molecule has 1 atom stereocenters. The molecule has 0 saturated heterocycles. The van der Waals surface area contributed by atoms with Gasteiger partial charge in [-0.3, -0.25) is 5.43 Å². The van der Waals surface area contributed by atoms with E-state index in [1.54, 1.807) is 24.3 Å². The van der Waals surface area contributed by atoms with Crippen molar-refractivity contribution in [3.05, 3.63) is 163 Å². The molecule has 0 heterocycles. The predicted octanol–water partition coefficient (Wildman–Crippen LogP) is 8.60. The lowest BCUT2D eigenvalue weighted by Gasteiger charge is -2.29. The number of para-hydroxylation sites is 3. The number of anilines is 1. The van der Waals surface area contributed by atoms with E-state index in [2.05, 4.69) is 5.43 Å². The second-order valence-corrected chi connectivity index (χ2v) is 10.5. The highest BCUT2D eigenvalue weighted by Crippen LogP contribution is 2.61. The van der Waals surface area contributed by atoms with Crippen LogP contribution in [0.4, 0.5) is 5.69 Å². The summed E-state index contributed by atoms with van der Waals surface area (Å²) in [5.74, 6) is 0.882. The lowest BCUT2D eigenvalue weighted by atomic mass is 10.0. The van der Waals surface area contributed by atoms with Gasteiger partial charge in [0.1, 0.15) is 11.5 Å². The summed E-state index contributed by atoms with van der Waals surface area (Å²) in [5, 5.41) is 4.82. The van der Waals surface area contributed by atoms with Crippen LogP contribution in [-0.4, -0.2) is 5.71 Å². The first-order chi connectivity index (χ1) is 18.7. The first kappa shape index (κ1) is 25.1. The monoisotopic (exact) mass is 518 g/mol. The van der Waals surface area contributed by atoms with Crippen LogP contribution in [0.1, 0.15) is 16.8 Å². The molecule has 0 fully saturated rings. The van der Waals surface area contributed by atoms with E-state index in [0.717, 1.165) is 16.8 Å². The van der Waals surface area contributed by atoms with Crippen molar-refractivity contribution in [2.75, 3.05) is 5.43 Å². The maximum absolute atomic E-state index is 15.1. The van der Waals surface area contributed by atoms with Crippen molar-refractivity contribution in [1.29, 1.82) is 0 Å². The van der Waals surface area contributed by atoms with E-state index in [9.17, 15) is 0 Å². The minimum Gasteiger partial charge on any atom is -0.415 e. The second-order valence-electron chi connectivity index (χ2n) is 8.50. The third-order valence-corrected chi connectivity index (χ3v) is 7.90. The zero-order chi connectivity index (χ0) is 26.0. The molecule has 0 amide bonds. The molecule has 6 heteroatoms. The Morgan fingerprint density at radius 2 is 1.00 bits per heavy atom. The Kier molecular flexibility index (Phi) is 7.98. The van der Waals surface area contributed by atoms with Gasteiger partial charge >= 0.3 is 7.60 Å². The lowest BCUT2D eigenvalue weighted by molar-refractivity contribution is 0.381. The first-order valence-corrected chi connectivity index (χ1v) is 13.9. The molecular formula is C32H27N2O3P. The first-order valence-electron chi connectivity index (χ1n) is 12.3. The van der Waals surface area contributed by atoms with Gasteiger partial charge in [-0.1, -0.05) is 115 Å². The number of benzene rings is 5. The number of hydrogen-bond acceptors (Lipinski definition) is 5. The Hall–Kier alpha value is -4.60. The predicted molar refractivity (Wildman–Crippen MR) is 154 cm³/mol. The van der Waals surface area contributed by atoms with E-state index in [1.165, 1.54) is 0 Å². The molecule has 0 aliphatic heterocycles. The number of hydrogen-bond donors (Lipinski definition) is 1. The highest BCUT2D eigenvalue weighted by atomic mass is 31.2. The molecule has 1 N–H and O–H groups in total. The van der Waals surface area contributed by atoms with E-state index in [-0.39, 0.29) is 0 Å². The average molecular weight is 519 g/mol. The quantitative estimate of drug-likeness (QED) is 0.114. The zero-order valence-corrected chi connectivity index (χ0v) is 21.5. The number of rotatable bonds is 10. The highest BCUT2D eigenvalue weighted by molar-refractivity contribution is 7.56. The Labute approximate surface area is 222 Å². The molecular weight excluding hydrogens is 491 g/mol. The molecule has 5 rings (SSSR count). The summed E-state index contributed by atoms with van der Waals surface area (Å²) >= 11 is 0. The maximum Gasteiger partial charge on any atom is 0.444 e. The van der Waals surface area contributed by atoms with Crippen LogP contribution in [0, 0.1) is 0 Å². The molecule has 5 nitrogen and oxygen atoms in total. The van der Waals surface area contributed by atoms with Gasteiger partial charge in [0.05, 0.1) is 11.4 Å². The van der Waals surface area contributed by atoms with Crippen LogP contribution in [0.15, 0.2) is 157 Å². The largest absolute Gasteiger partial charge is 0.444 e. The van der Waals surface area contributed by atoms with Gasteiger partial charge < -0.3 is 9.05 Å². The molecule has 0 radical (unpaired) electrons. The van der Waals surface area contributed by atoms with Gasteiger partial charge in [-0.25, -0.2) is 4.57 Å². The number of nitrogens with one attached hydrogen (secondary N) is 1. The highest BCUT2D eigenvalue weighted by Gasteiger charge is 2.45. The fourth-order valence-electron chi connectivity index (χ4n) is 4.04. The van der Waals surface area contributed by atoms with E-state index < -0.39 is 13.3 Å². The fraction of sp³-hybridized carbons (Fsp3) is 0.0312. The smallest absolute Gasteiger partial charge is 0.415 e. The molecule has 5 aromatic rings. The van der Waals surface area contributed by atoms with Gasteiger partial charge in [0, 0.05) is 0 Å². The molecule has 5 aromatic carbocycles. The van der Waals surface area contributed by atoms with Gasteiger partial charge in [-0.05, 0) is 47.5 Å². The number of nitrogens with zero attached hydrogens (tertiary/aromatic N) is 1. The summed E-state index contributed by atoms with van der Waals surface area (Å²) in [6.45, 7) is 0. The molecule has 188 valence electrons. The van der Waals surface area contributed by atoms with Crippen molar-refractivity contribution in [1.82, 2.24) is 0 Å². The molecule has 0 bridgehead atoms. The van der Waals surface area contributed by atoms with Gasteiger partial charge in [0.15, 0.2) is 5.66 Å². The lowest BCUT2D eigenvalue weighted by Crippen LogP contribution is -2.21. The molecule has 38 heavy (non-hydrogen) atoms. The molecule has 0 aromatic heterocycles. The van der Waals surface area contributed by atoms with Crippen LogP contribution in [0.25, 0.3) is 0 Å². The van der Waals surface area contributed by atoms with E-state index >= 15 is 4.57 Å². The summed E-state index contributed by atoms with van der Waals surface area (Å²) in [5.41, 5.74) is 5.16. The van der Waals surface area contributed by atoms with Gasteiger partial charge in [-0.15, -0.1) is 0 Å². The van der Waals surface area contributed by atoms with Gasteiger partial charge in [0.25, 0.3) is 0 Å². The molecule has 1 unspecified atom stereocenters. The summed E-state index contributed by atoms with van der Waals surface area (Å²) in [4.78, 5) is 0. The zero-order valence-electron chi connectivity index (χ0n) is 20.6. The normalized spacial score (nSPS) is 12.4. The third-order valence-electron chi connectivity index (χ3n) is 5.79. The minimum atomic E-state index is -4.01. The van der Waals surface area contributed by atoms with E-state index in [0.29, 0.717) is 17.2 Å². The Balaban J connectivity index is 1.70. The Morgan fingerprint density at radius 3 is 1.50 bits per heavy atom. The van der Waals surface area contributed by atoms with Crippen LogP contribution < -0.4 is 14.5 Å². The van der Waals surface area contributed by atoms with Crippen LogP contribution in [0.5, 0.6) is 11.5 Å². The van der Waals surface area contributed by atoms with Crippen molar-refractivity contribution in [2.24, 2.45) is 5.10 Å². The third kappa shape index (κ3) is 6.20. The minimum absolute atomic E-state index is 0.441. The molecule has 0 spiro atoms. The molecule has 0 aliphatic rings. The van der Waals surface area contributed by atoms with Crippen LogP contribution >= 0.6 is 7.60 Å². The standard InChI is InChI=1S/C32H27N2O3P/c35-38(36-29-22-12-4-13-23-29,37-30-24-14-5-15-25-30)32(27-18-8-2-9-19-27)31(26-16-6-1-7-17-26)34-33-28-20-10-3-11-21-28/h1-25,32-33H/b34-31-. The van der Waals surface area contributed by atoms with Gasteiger partial charge in [-0.2, -0.15) is 5.10 Å².